The lowest BCUT2D eigenvalue weighted by Crippen LogP contribution is -2.14. The molecule has 6 nitrogen and oxygen atoms in total. The van der Waals surface area contributed by atoms with Crippen molar-refractivity contribution in [3.63, 3.8) is 0 Å². The summed E-state index contributed by atoms with van der Waals surface area (Å²) in [5.74, 6) is 5.76. The van der Waals surface area contributed by atoms with Crippen LogP contribution in [0.5, 0.6) is 0 Å². The summed E-state index contributed by atoms with van der Waals surface area (Å²) in [7, 11) is 0. The van der Waals surface area contributed by atoms with Gasteiger partial charge in [0.25, 0.3) is 5.91 Å². The number of carbonyl (C=O) groups excluding carboxylic acids is 2. The summed E-state index contributed by atoms with van der Waals surface area (Å²) in [5.41, 5.74) is 3.09. The van der Waals surface area contributed by atoms with Crippen LogP contribution in [-0.4, -0.2) is 23.6 Å². The maximum Gasteiger partial charge on any atom is 0.411 e. The van der Waals surface area contributed by atoms with Crippen LogP contribution in [0.2, 0.25) is 0 Å². The first-order chi connectivity index (χ1) is 14.1. The lowest BCUT2D eigenvalue weighted by molar-refractivity contribution is 0.102. The van der Waals surface area contributed by atoms with Gasteiger partial charge in [0.05, 0.1) is 6.61 Å². The van der Waals surface area contributed by atoms with Crippen molar-refractivity contribution in [2.75, 3.05) is 17.2 Å². The van der Waals surface area contributed by atoms with Crippen molar-refractivity contribution >= 4 is 23.4 Å². The normalized spacial score (nSPS) is 9.69. The average Bonchev–Trinajstić information content (AvgIpc) is 2.74. The molecular formula is C23H19N3O3. The van der Waals surface area contributed by atoms with E-state index in [1.165, 1.54) is 0 Å². The van der Waals surface area contributed by atoms with Gasteiger partial charge in [0.1, 0.15) is 5.69 Å². The number of nitrogens with one attached hydrogen (secondary N) is 2. The zero-order chi connectivity index (χ0) is 20.5. The van der Waals surface area contributed by atoms with Gasteiger partial charge >= 0.3 is 6.09 Å². The fourth-order valence-electron chi connectivity index (χ4n) is 2.44. The molecule has 0 aliphatic rings. The van der Waals surface area contributed by atoms with Crippen molar-refractivity contribution in [2.24, 2.45) is 0 Å². The van der Waals surface area contributed by atoms with Gasteiger partial charge in [-0.15, -0.1) is 0 Å². The molecule has 3 aromatic rings. The molecule has 1 aromatic heterocycles. The van der Waals surface area contributed by atoms with Crippen LogP contribution in [0, 0.1) is 11.8 Å². The van der Waals surface area contributed by atoms with Gasteiger partial charge in [0.2, 0.25) is 0 Å². The highest BCUT2D eigenvalue weighted by molar-refractivity contribution is 6.04. The summed E-state index contributed by atoms with van der Waals surface area (Å²) in [5, 5.41) is 5.42. The van der Waals surface area contributed by atoms with Crippen molar-refractivity contribution in [1.29, 1.82) is 0 Å². The molecule has 0 aliphatic carbocycles. The zero-order valence-corrected chi connectivity index (χ0v) is 15.8. The summed E-state index contributed by atoms with van der Waals surface area (Å²) >= 11 is 0. The number of amides is 2. The van der Waals surface area contributed by atoms with Gasteiger partial charge in [0, 0.05) is 28.7 Å². The third kappa shape index (κ3) is 5.94. The summed E-state index contributed by atoms with van der Waals surface area (Å²) in [6, 6.07) is 19.3. The first-order valence-electron chi connectivity index (χ1n) is 9.02. The number of anilines is 2. The summed E-state index contributed by atoms with van der Waals surface area (Å²) in [4.78, 5) is 28.1. The van der Waals surface area contributed by atoms with Crippen LogP contribution in [0.1, 0.15) is 28.5 Å². The van der Waals surface area contributed by atoms with Crippen molar-refractivity contribution < 1.29 is 14.3 Å². The van der Waals surface area contributed by atoms with Crippen LogP contribution in [0.15, 0.2) is 72.9 Å². The van der Waals surface area contributed by atoms with Gasteiger partial charge in [-0.2, -0.15) is 0 Å². The van der Waals surface area contributed by atoms with Crippen LogP contribution in [0.3, 0.4) is 0 Å². The maximum atomic E-state index is 12.5. The molecule has 2 amide bonds. The summed E-state index contributed by atoms with van der Waals surface area (Å²) in [6.07, 6.45) is 1.15. The Balaban J connectivity index is 1.65. The predicted molar refractivity (Wildman–Crippen MR) is 112 cm³/mol. The van der Waals surface area contributed by atoms with Crippen molar-refractivity contribution in [3.8, 4) is 11.8 Å². The number of hydrogen-bond acceptors (Lipinski definition) is 4. The van der Waals surface area contributed by atoms with E-state index in [1.807, 2.05) is 30.3 Å². The third-order valence-electron chi connectivity index (χ3n) is 3.79. The Bertz CT molecular complexity index is 1050. The number of hydrogen-bond donors (Lipinski definition) is 2. The average molecular weight is 385 g/mol. The number of benzene rings is 2. The summed E-state index contributed by atoms with van der Waals surface area (Å²) in [6.45, 7) is 2.02. The molecule has 0 aliphatic heterocycles. The standard InChI is InChI=1S/C23H19N3O3/c1-2-29-23(28)26-20-13-10-18(11-14-20)22(27)25-21-8-5-6-17(16-21)9-12-19-7-3-4-15-24-19/h3-8,10-11,13-16H,2H2,1H3,(H,25,27)(H,26,28). The molecule has 0 unspecified atom stereocenters. The minimum absolute atomic E-state index is 0.262. The molecule has 0 saturated carbocycles. The molecule has 2 aromatic carbocycles. The van der Waals surface area contributed by atoms with Crippen LogP contribution < -0.4 is 10.6 Å². The Morgan fingerprint density at radius 3 is 2.48 bits per heavy atom. The van der Waals surface area contributed by atoms with E-state index in [-0.39, 0.29) is 12.5 Å². The Morgan fingerprint density at radius 1 is 0.931 bits per heavy atom. The number of pyridine rings is 1. The molecule has 0 fully saturated rings. The van der Waals surface area contributed by atoms with E-state index in [0.717, 1.165) is 5.56 Å². The molecule has 2 N–H and O–H groups in total. The molecule has 29 heavy (non-hydrogen) atoms. The smallest absolute Gasteiger partial charge is 0.411 e. The van der Waals surface area contributed by atoms with Crippen LogP contribution >= 0.6 is 0 Å². The van der Waals surface area contributed by atoms with Crippen molar-refractivity contribution in [3.05, 3.63) is 89.7 Å². The lowest BCUT2D eigenvalue weighted by Gasteiger charge is -2.08. The van der Waals surface area contributed by atoms with Crippen molar-refractivity contribution in [2.45, 2.75) is 6.92 Å². The Morgan fingerprint density at radius 2 is 1.76 bits per heavy atom. The molecule has 0 saturated heterocycles. The molecular weight excluding hydrogens is 366 g/mol. The molecule has 0 spiro atoms. The minimum Gasteiger partial charge on any atom is -0.450 e. The maximum absolute atomic E-state index is 12.5. The fourth-order valence-corrected chi connectivity index (χ4v) is 2.44. The van der Waals surface area contributed by atoms with E-state index >= 15 is 0 Å². The van der Waals surface area contributed by atoms with E-state index in [9.17, 15) is 9.59 Å². The number of ether oxygens (including phenoxy) is 1. The van der Waals surface area contributed by atoms with Crippen LogP contribution in [0.25, 0.3) is 0 Å². The van der Waals surface area contributed by atoms with Crippen molar-refractivity contribution in [1.82, 2.24) is 4.98 Å². The third-order valence-corrected chi connectivity index (χ3v) is 3.79. The molecule has 144 valence electrons. The Kier molecular flexibility index (Phi) is 6.58. The topological polar surface area (TPSA) is 80.3 Å². The van der Waals surface area contributed by atoms with E-state index in [4.69, 9.17) is 4.74 Å². The highest BCUT2D eigenvalue weighted by atomic mass is 16.5. The minimum atomic E-state index is -0.534. The molecule has 6 heteroatoms. The second kappa shape index (κ2) is 9.72. The lowest BCUT2D eigenvalue weighted by atomic mass is 10.1. The highest BCUT2D eigenvalue weighted by Gasteiger charge is 2.07. The van der Waals surface area contributed by atoms with Gasteiger partial charge in [0.15, 0.2) is 0 Å². The highest BCUT2D eigenvalue weighted by Crippen LogP contribution is 2.14. The quantitative estimate of drug-likeness (QED) is 0.656. The second-order valence-corrected chi connectivity index (χ2v) is 5.92. The van der Waals surface area contributed by atoms with Crippen LogP contribution in [-0.2, 0) is 4.74 Å². The second-order valence-electron chi connectivity index (χ2n) is 5.92. The Hall–Kier alpha value is -4.11. The molecule has 1 heterocycles. The zero-order valence-electron chi connectivity index (χ0n) is 15.8. The SMILES string of the molecule is CCOC(=O)Nc1ccc(C(=O)Nc2cccc(C#Cc3ccccn3)c2)cc1. The van der Waals surface area contributed by atoms with E-state index in [1.54, 1.807) is 49.5 Å². The fraction of sp³-hybridized carbons (Fsp3) is 0.0870. The van der Waals surface area contributed by atoms with Crippen LogP contribution in [0.4, 0.5) is 16.2 Å². The number of nitrogens with zero attached hydrogens (tertiary/aromatic N) is 1. The van der Waals surface area contributed by atoms with E-state index in [0.29, 0.717) is 22.6 Å². The van der Waals surface area contributed by atoms with E-state index in [2.05, 4.69) is 27.5 Å². The molecule has 3 rings (SSSR count). The van der Waals surface area contributed by atoms with Gasteiger partial charge < -0.3 is 10.1 Å². The van der Waals surface area contributed by atoms with Gasteiger partial charge in [-0.3, -0.25) is 10.1 Å². The predicted octanol–water partition coefficient (Wildman–Crippen LogP) is 4.30. The molecule has 0 bridgehead atoms. The largest absolute Gasteiger partial charge is 0.450 e. The molecule has 0 radical (unpaired) electrons. The van der Waals surface area contributed by atoms with Gasteiger partial charge in [-0.25, -0.2) is 9.78 Å². The van der Waals surface area contributed by atoms with Gasteiger partial charge in [-0.1, -0.05) is 18.1 Å². The van der Waals surface area contributed by atoms with Gasteiger partial charge in [-0.05, 0) is 67.4 Å². The first-order valence-corrected chi connectivity index (χ1v) is 9.02. The monoisotopic (exact) mass is 385 g/mol. The number of carbonyl (C=O) groups is 2. The summed E-state index contributed by atoms with van der Waals surface area (Å²) < 4.78 is 4.82. The number of rotatable bonds is 4. The number of aromatic nitrogens is 1. The molecule has 0 atom stereocenters. The first kappa shape index (κ1) is 19.6. The Labute approximate surface area is 168 Å². The van der Waals surface area contributed by atoms with E-state index < -0.39 is 6.09 Å².